The molecule has 0 radical (unpaired) electrons. The van der Waals surface area contributed by atoms with Gasteiger partial charge in [-0.1, -0.05) is 0 Å². The average molecular weight is 367 g/mol. The molecule has 1 N–H and O–H groups in total. The number of carbonyl (C=O) groups is 1. The van der Waals surface area contributed by atoms with Crippen LogP contribution in [0.3, 0.4) is 0 Å². The number of carbonyl (C=O) groups excluding carboxylic acids is 1. The number of rotatable bonds is 6. The summed E-state index contributed by atoms with van der Waals surface area (Å²) in [6, 6.07) is 6.88. The minimum atomic E-state index is -0.211. The van der Waals surface area contributed by atoms with E-state index in [9.17, 15) is 9.59 Å². The Morgan fingerprint density at radius 2 is 2.15 bits per heavy atom. The maximum absolute atomic E-state index is 12.4. The molecule has 8 heteroatoms. The van der Waals surface area contributed by atoms with Crippen LogP contribution >= 0.6 is 0 Å². The van der Waals surface area contributed by atoms with Gasteiger partial charge in [0.15, 0.2) is 0 Å². The van der Waals surface area contributed by atoms with E-state index in [1.807, 2.05) is 6.07 Å². The molecule has 1 saturated carbocycles. The van der Waals surface area contributed by atoms with Gasteiger partial charge in [0, 0.05) is 37.7 Å². The molecule has 0 unspecified atom stereocenters. The number of aryl methyl sites for hydroxylation is 1. The van der Waals surface area contributed by atoms with Crippen molar-refractivity contribution in [1.29, 1.82) is 0 Å². The number of methoxy groups -OCH3 is 1. The van der Waals surface area contributed by atoms with Gasteiger partial charge in [0.1, 0.15) is 0 Å². The molecule has 2 aromatic heterocycles. The monoisotopic (exact) mass is 367 g/mol. The average Bonchev–Trinajstić information content (AvgIpc) is 3.45. The van der Waals surface area contributed by atoms with E-state index in [0.29, 0.717) is 36.0 Å². The van der Waals surface area contributed by atoms with Crippen molar-refractivity contribution in [1.82, 2.24) is 24.6 Å². The second-order valence-corrected chi connectivity index (χ2v) is 6.74. The zero-order chi connectivity index (χ0) is 19.0. The first-order valence-electron chi connectivity index (χ1n) is 8.92. The van der Waals surface area contributed by atoms with Gasteiger partial charge >= 0.3 is 0 Å². The van der Waals surface area contributed by atoms with Crippen LogP contribution in [0.1, 0.15) is 34.8 Å². The Hall–Kier alpha value is -3.16. The van der Waals surface area contributed by atoms with Crippen molar-refractivity contribution in [2.75, 3.05) is 13.7 Å². The molecule has 0 spiro atoms. The van der Waals surface area contributed by atoms with Crippen LogP contribution in [0.4, 0.5) is 0 Å². The SMILES string of the molecule is COc1c2ccc(C(=O)NCCn3cnc(C4CC4)cc3=O)cc2nn1C. The summed E-state index contributed by atoms with van der Waals surface area (Å²) in [5.74, 6) is 0.891. The fourth-order valence-electron chi connectivity index (χ4n) is 3.16. The molecule has 0 saturated heterocycles. The minimum absolute atomic E-state index is 0.0804. The molecule has 8 nitrogen and oxygen atoms in total. The maximum atomic E-state index is 12.4. The number of hydrogen-bond acceptors (Lipinski definition) is 5. The lowest BCUT2D eigenvalue weighted by atomic mass is 10.1. The van der Waals surface area contributed by atoms with Crippen molar-refractivity contribution in [2.24, 2.45) is 7.05 Å². The Morgan fingerprint density at radius 3 is 2.85 bits per heavy atom. The van der Waals surface area contributed by atoms with Crippen molar-refractivity contribution >= 4 is 16.8 Å². The van der Waals surface area contributed by atoms with Crippen LogP contribution in [0.15, 0.2) is 35.4 Å². The van der Waals surface area contributed by atoms with Crippen molar-refractivity contribution in [3.8, 4) is 5.88 Å². The molecule has 2 heterocycles. The molecular weight excluding hydrogens is 346 g/mol. The van der Waals surface area contributed by atoms with Gasteiger partial charge in [0.25, 0.3) is 11.5 Å². The third-order valence-corrected chi connectivity index (χ3v) is 4.77. The molecule has 1 fully saturated rings. The van der Waals surface area contributed by atoms with Crippen LogP contribution in [0.25, 0.3) is 10.9 Å². The van der Waals surface area contributed by atoms with Crippen molar-refractivity contribution in [3.05, 3.63) is 52.2 Å². The summed E-state index contributed by atoms with van der Waals surface area (Å²) in [6.45, 7) is 0.717. The molecule has 3 aromatic rings. The predicted octanol–water partition coefficient (Wildman–Crippen LogP) is 1.45. The van der Waals surface area contributed by atoms with Crippen LogP contribution in [-0.4, -0.2) is 38.9 Å². The van der Waals surface area contributed by atoms with Gasteiger partial charge in [-0.25, -0.2) is 9.67 Å². The lowest BCUT2D eigenvalue weighted by molar-refractivity contribution is 0.0952. The van der Waals surface area contributed by atoms with Gasteiger partial charge in [-0.3, -0.25) is 14.2 Å². The van der Waals surface area contributed by atoms with E-state index in [1.54, 1.807) is 43.4 Å². The highest BCUT2D eigenvalue weighted by molar-refractivity contribution is 5.98. The van der Waals surface area contributed by atoms with Gasteiger partial charge in [0.05, 0.1) is 30.0 Å². The molecule has 4 rings (SSSR count). The Bertz CT molecular complexity index is 1060. The van der Waals surface area contributed by atoms with E-state index < -0.39 is 0 Å². The molecule has 1 aliphatic carbocycles. The standard InChI is InChI=1S/C19H21N5O3/c1-23-19(27-2)14-6-5-13(9-16(14)22-23)18(26)20-7-8-24-11-21-15(10-17(24)25)12-3-4-12/h5-6,9-12H,3-4,7-8H2,1-2H3,(H,20,26). The van der Waals surface area contributed by atoms with Crippen molar-refractivity contribution in [3.63, 3.8) is 0 Å². The van der Waals surface area contributed by atoms with E-state index >= 15 is 0 Å². The summed E-state index contributed by atoms with van der Waals surface area (Å²) in [5.41, 5.74) is 2.00. The van der Waals surface area contributed by atoms with Crippen LogP contribution in [-0.2, 0) is 13.6 Å². The van der Waals surface area contributed by atoms with E-state index in [0.717, 1.165) is 23.9 Å². The van der Waals surface area contributed by atoms with Gasteiger partial charge in [-0.05, 0) is 31.0 Å². The molecule has 27 heavy (non-hydrogen) atoms. The smallest absolute Gasteiger partial charge is 0.253 e. The van der Waals surface area contributed by atoms with Gasteiger partial charge in [-0.2, -0.15) is 5.10 Å². The highest BCUT2D eigenvalue weighted by atomic mass is 16.5. The van der Waals surface area contributed by atoms with E-state index in [-0.39, 0.29) is 11.5 Å². The number of ether oxygens (including phenoxy) is 1. The van der Waals surface area contributed by atoms with E-state index in [1.165, 1.54) is 4.57 Å². The number of hydrogen-bond donors (Lipinski definition) is 1. The van der Waals surface area contributed by atoms with Crippen molar-refractivity contribution < 1.29 is 9.53 Å². The van der Waals surface area contributed by atoms with E-state index in [4.69, 9.17) is 4.74 Å². The lowest BCUT2D eigenvalue weighted by Gasteiger charge is -2.08. The van der Waals surface area contributed by atoms with E-state index in [2.05, 4.69) is 15.4 Å². The number of amides is 1. The molecule has 1 aromatic carbocycles. The molecule has 0 atom stereocenters. The molecule has 1 amide bonds. The normalized spacial score (nSPS) is 13.7. The topological polar surface area (TPSA) is 91.0 Å². The highest BCUT2D eigenvalue weighted by Crippen LogP contribution is 2.38. The van der Waals surface area contributed by atoms with Crippen LogP contribution in [0.2, 0.25) is 0 Å². The van der Waals surface area contributed by atoms with Gasteiger partial charge in [0.2, 0.25) is 5.88 Å². The summed E-state index contributed by atoms with van der Waals surface area (Å²) >= 11 is 0. The molecule has 140 valence electrons. The molecule has 0 bridgehead atoms. The molecule has 1 aliphatic rings. The lowest BCUT2D eigenvalue weighted by Crippen LogP contribution is -2.31. The highest BCUT2D eigenvalue weighted by Gasteiger charge is 2.25. The van der Waals surface area contributed by atoms with Crippen molar-refractivity contribution in [2.45, 2.75) is 25.3 Å². The maximum Gasteiger partial charge on any atom is 0.253 e. The van der Waals surface area contributed by atoms with Crippen LogP contribution < -0.4 is 15.6 Å². The Labute approximate surface area is 155 Å². The summed E-state index contributed by atoms with van der Waals surface area (Å²) in [6.07, 6.45) is 3.78. The summed E-state index contributed by atoms with van der Waals surface area (Å²) < 4.78 is 8.46. The Morgan fingerprint density at radius 1 is 1.33 bits per heavy atom. The molecular formula is C19H21N5O3. The number of nitrogens with zero attached hydrogens (tertiary/aromatic N) is 4. The minimum Gasteiger partial charge on any atom is -0.481 e. The largest absolute Gasteiger partial charge is 0.481 e. The van der Waals surface area contributed by atoms with Crippen LogP contribution in [0, 0.1) is 0 Å². The second-order valence-electron chi connectivity index (χ2n) is 6.74. The first-order chi connectivity index (χ1) is 13.1. The summed E-state index contributed by atoms with van der Waals surface area (Å²) in [4.78, 5) is 28.8. The zero-order valence-electron chi connectivity index (χ0n) is 15.3. The fraction of sp³-hybridized carbons (Fsp3) is 0.368. The predicted molar refractivity (Wildman–Crippen MR) is 100 cm³/mol. The third kappa shape index (κ3) is 3.42. The first kappa shape index (κ1) is 17.3. The molecule has 0 aliphatic heterocycles. The fourth-order valence-corrected chi connectivity index (χ4v) is 3.16. The number of benzene rings is 1. The number of nitrogens with one attached hydrogen (secondary N) is 1. The quantitative estimate of drug-likeness (QED) is 0.712. The Kier molecular flexibility index (Phi) is 4.39. The number of fused-ring (bicyclic) bond motifs is 1. The third-order valence-electron chi connectivity index (χ3n) is 4.77. The summed E-state index contributed by atoms with van der Waals surface area (Å²) in [5, 5.41) is 8.04. The van der Waals surface area contributed by atoms with Crippen LogP contribution in [0.5, 0.6) is 5.88 Å². The summed E-state index contributed by atoms with van der Waals surface area (Å²) in [7, 11) is 3.38. The Balaban J connectivity index is 1.40. The van der Waals surface area contributed by atoms with Gasteiger partial charge < -0.3 is 10.1 Å². The van der Waals surface area contributed by atoms with Gasteiger partial charge in [-0.15, -0.1) is 0 Å². The first-order valence-corrected chi connectivity index (χ1v) is 8.92. The number of aromatic nitrogens is 4. The zero-order valence-corrected chi connectivity index (χ0v) is 15.3. The second kappa shape index (κ2) is 6.86.